The van der Waals surface area contributed by atoms with E-state index in [1.54, 1.807) is 16.2 Å². The summed E-state index contributed by atoms with van der Waals surface area (Å²) in [5, 5.41) is 6.53. The summed E-state index contributed by atoms with van der Waals surface area (Å²) in [6.45, 7) is 2.85. The normalized spacial score (nSPS) is 19.6. The Morgan fingerprint density at radius 2 is 2.35 bits per heavy atom. The lowest BCUT2D eigenvalue weighted by molar-refractivity contribution is -0.132. The largest absolute Gasteiger partial charge is 0.366 e. The van der Waals surface area contributed by atoms with Crippen molar-refractivity contribution >= 4 is 33.3 Å². The minimum Gasteiger partial charge on any atom is -0.366 e. The van der Waals surface area contributed by atoms with Gasteiger partial charge in [0.05, 0.1) is 5.39 Å². The average molecular weight is 290 g/mol. The fourth-order valence-electron chi connectivity index (χ4n) is 2.43. The van der Waals surface area contributed by atoms with Crippen LogP contribution in [0.3, 0.4) is 0 Å². The van der Waals surface area contributed by atoms with E-state index in [0.717, 1.165) is 41.2 Å². The first-order chi connectivity index (χ1) is 9.67. The third kappa shape index (κ3) is 2.47. The lowest BCUT2D eigenvalue weighted by atomic mass is 10.0. The standard InChI is InChI=1S/C14H18N4OS/c1-3-11-16-13(10-5-7-20-14(10)17-11)15-9-4-6-18(2)12(19)8-9/h5,7,9H,3-4,6,8H2,1-2H3,(H,15,16,17). The van der Waals surface area contributed by atoms with Gasteiger partial charge in [-0.25, -0.2) is 9.97 Å². The Labute approximate surface area is 122 Å². The summed E-state index contributed by atoms with van der Waals surface area (Å²) in [7, 11) is 1.86. The van der Waals surface area contributed by atoms with Crippen molar-refractivity contribution in [1.82, 2.24) is 14.9 Å². The van der Waals surface area contributed by atoms with Crippen molar-refractivity contribution in [2.45, 2.75) is 32.2 Å². The zero-order valence-electron chi connectivity index (χ0n) is 11.7. The second-order valence-corrected chi connectivity index (χ2v) is 6.03. The number of hydrogen-bond acceptors (Lipinski definition) is 5. The van der Waals surface area contributed by atoms with Gasteiger partial charge in [-0.2, -0.15) is 0 Å². The molecule has 3 heterocycles. The van der Waals surface area contributed by atoms with E-state index in [2.05, 4.69) is 22.2 Å². The maximum Gasteiger partial charge on any atom is 0.224 e. The Morgan fingerprint density at radius 1 is 1.50 bits per heavy atom. The van der Waals surface area contributed by atoms with Gasteiger partial charge in [0.15, 0.2) is 0 Å². The quantitative estimate of drug-likeness (QED) is 0.942. The number of nitrogens with one attached hydrogen (secondary N) is 1. The number of hydrogen-bond donors (Lipinski definition) is 1. The number of rotatable bonds is 3. The molecule has 1 saturated heterocycles. The average Bonchev–Trinajstić information content (AvgIpc) is 2.91. The van der Waals surface area contributed by atoms with Gasteiger partial charge in [-0.1, -0.05) is 6.92 Å². The van der Waals surface area contributed by atoms with Crippen molar-refractivity contribution in [3.8, 4) is 0 Å². The summed E-state index contributed by atoms with van der Waals surface area (Å²) in [4.78, 5) is 23.7. The molecule has 6 heteroatoms. The van der Waals surface area contributed by atoms with Crippen LogP contribution in [0.2, 0.25) is 0 Å². The van der Waals surface area contributed by atoms with Gasteiger partial charge in [-0.15, -0.1) is 11.3 Å². The highest BCUT2D eigenvalue weighted by atomic mass is 32.1. The zero-order chi connectivity index (χ0) is 14.1. The number of likely N-dealkylation sites (tertiary alicyclic amines) is 1. The third-order valence-electron chi connectivity index (χ3n) is 3.69. The number of thiophene rings is 1. The van der Waals surface area contributed by atoms with Crippen molar-refractivity contribution in [2.24, 2.45) is 0 Å². The molecule has 0 aromatic carbocycles. The molecular formula is C14H18N4OS. The molecule has 5 nitrogen and oxygen atoms in total. The van der Waals surface area contributed by atoms with Crippen LogP contribution >= 0.6 is 11.3 Å². The van der Waals surface area contributed by atoms with E-state index in [1.807, 2.05) is 18.5 Å². The van der Waals surface area contributed by atoms with Gasteiger partial charge in [0.25, 0.3) is 0 Å². The SMILES string of the molecule is CCc1nc(NC2CCN(C)C(=O)C2)c2ccsc2n1. The highest BCUT2D eigenvalue weighted by Crippen LogP contribution is 2.27. The molecular weight excluding hydrogens is 272 g/mol. The number of carbonyl (C=O) groups is 1. The Hall–Kier alpha value is -1.69. The first-order valence-electron chi connectivity index (χ1n) is 6.92. The molecule has 1 unspecified atom stereocenters. The maximum atomic E-state index is 11.8. The van der Waals surface area contributed by atoms with Crippen LogP contribution in [0.5, 0.6) is 0 Å². The molecule has 2 aromatic rings. The van der Waals surface area contributed by atoms with Crippen LogP contribution < -0.4 is 5.32 Å². The van der Waals surface area contributed by atoms with E-state index in [4.69, 9.17) is 0 Å². The van der Waals surface area contributed by atoms with Crippen molar-refractivity contribution < 1.29 is 4.79 Å². The molecule has 1 atom stereocenters. The molecule has 0 bridgehead atoms. The van der Waals surface area contributed by atoms with Crippen molar-refractivity contribution in [3.05, 3.63) is 17.3 Å². The second kappa shape index (κ2) is 5.36. The molecule has 1 aliphatic rings. The van der Waals surface area contributed by atoms with Crippen molar-refractivity contribution in [3.63, 3.8) is 0 Å². The molecule has 1 N–H and O–H groups in total. The highest BCUT2D eigenvalue weighted by molar-refractivity contribution is 7.16. The Bertz CT molecular complexity index is 639. The van der Waals surface area contributed by atoms with E-state index >= 15 is 0 Å². The number of fused-ring (bicyclic) bond motifs is 1. The molecule has 106 valence electrons. The fourth-order valence-corrected chi connectivity index (χ4v) is 3.21. The monoisotopic (exact) mass is 290 g/mol. The lowest BCUT2D eigenvalue weighted by Gasteiger charge is -2.29. The van der Waals surface area contributed by atoms with Crippen LogP contribution in [-0.4, -0.2) is 40.4 Å². The number of aromatic nitrogens is 2. The van der Waals surface area contributed by atoms with E-state index in [0.29, 0.717) is 6.42 Å². The first-order valence-corrected chi connectivity index (χ1v) is 7.80. The number of anilines is 1. The van der Waals surface area contributed by atoms with Crippen molar-refractivity contribution in [1.29, 1.82) is 0 Å². The number of nitrogens with zero attached hydrogens (tertiary/aromatic N) is 3. The van der Waals surface area contributed by atoms with Gasteiger partial charge < -0.3 is 10.2 Å². The van der Waals surface area contributed by atoms with Gasteiger partial charge in [-0.3, -0.25) is 4.79 Å². The van der Waals surface area contributed by atoms with E-state index < -0.39 is 0 Å². The highest BCUT2D eigenvalue weighted by Gasteiger charge is 2.24. The molecule has 1 fully saturated rings. The summed E-state index contributed by atoms with van der Waals surface area (Å²) < 4.78 is 0. The summed E-state index contributed by atoms with van der Waals surface area (Å²) >= 11 is 1.63. The molecule has 0 spiro atoms. The van der Waals surface area contributed by atoms with Gasteiger partial charge in [0, 0.05) is 32.5 Å². The second-order valence-electron chi connectivity index (χ2n) is 5.13. The Kier molecular flexibility index (Phi) is 3.56. The molecule has 0 aliphatic carbocycles. The summed E-state index contributed by atoms with van der Waals surface area (Å²) in [6, 6.07) is 2.21. The van der Waals surface area contributed by atoms with Crippen LogP contribution in [0.15, 0.2) is 11.4 Å². The van der Waals surface area contributed by atoms with Gasteiger partial charge in [-0.05, 0) is 17.9 Å². The molecule has 20 heavy (non-hydrogen) atoms. The first kappa shape index (κ1) is 13.3. The maximum absolute atomic E-state index is 11.8. The Morgan fingerprint density at radius 3 is 3.10 bits per heavy atom. The lowest BCUT2D eigenvalue weighted by Crippen LogP contribution is -2.41. The van der Waals surface area contributed by atoms with Crippen LogP contribution in [-0.2, 0) is 11.2 Å². The topological polar surface area (TPSA) is 58.1 Å². The number of piperidine rings is 1. The van der Waals surface area contributed by atoms with Gasteiger partial charge in [0.1, 0.15) is 16.5 Å². The Balaban J connectivity index is 1.86. The van der Waals surface area contributed by atoms with Crippen LogP contribution in [0.4, 0.5) is 5.82 Å². The molecule has 3 rings (SSSR count). The smallest absolute Gasteiger partial charge is 0.224 e. The molecule has 2 aromatic heterocycles. The summed E-state index contributed by atoms with van der Waals surface area (Å²) in [5.74, 6) is 1.91. The number of carbonyl (C=O) groups excluding carboxylic acids is 1. The van der Waals surface area contributed by atoms with Gasteiger partial charge in [0.2, 0.25) is 5.91 Å². The van der Waals surface area contributed by atoms with Crippen LogP contribution in [0.25, 0.3) is 10.2 Å². The van der Waals surface area contributed by atoms with E-state index in [9.17, 15) is 4.79 Å². The number of amides is 1. The van der Waals surface area contributed by atoms with Gasteiger partial charge >= 0.3 is 0 Å². The minimum absolute atomic E-state index is 0.168. The van der Waals surface area contributed by atoms with E-state index in [-0.39, 0.29) is 11.9 Å². The summed E-state index contributed by atoms with van der Waals surface area (Å²) in [5.41, 5.74) is 0. The molecule has 0 radical (unpaired) electrons. The third-order valence-corrected chi connectivity index (χ3v) is 4.49. The van der Waals surface area contributed by atoms with E-state index in [1.165, 1.54) is 0 Å². The predicted octanol–water partition coefficient (Wildman–Crippen LogP) is 2.29. The van der Waals surface area contributed by atoms with Crippen LogP contribution in [0, 0.1) is 0 Å². The summed E-state index contributed by atoms with van der Waals surface area (Å²) in [6.07, 6.45) is 2.31. The zero-order valence-corrected chi connectivity index (χ0v) is 12.5. The molecule has 0 saturated carbocycles. The minimum atomic E-state index is 0.168. The predicted molar refractivity (Wildman–Crippen MR) is 81.1 cm³/mol. The van der Waals surface area contributed by atoms with Crippen LogP contribution in [0.1, 0.15) is 25.6 Å². The fraction of sp³-hybridized carbons (Fsp3) is 0.500. The number of aryl methyl sites for hydroxylation is 1. The molecule has 1 aliphatic heterocycles. The van der Waals surface area contributed by atoms with Crippen molar-refractivity contribution in [2.75, 3.05) is 18.9 Å². The molecule has 1 amide bonds.